The zero-order valence-corrected chi connectivity index (χ0v) is 15.6. The number of rotatable bonds is 5. The lowest BCUT2D eigenvalue weighted by Gasteiger charge is -2.18. The average molecular weight is 395 g/mol. The molecule has 0 unspecified atom stereocenters. The minimum Gasteiger partial charge on any atom is -0.493 e. The Morgan fingerprint density at radius 3 is 2.72 bits per heavy atom. The SMILES string of the molecule is COc1ccc(-c2cc(C(=O)Nc3ccc4c(c3)NC(=O)CO4)no2)cc1OC. The predicted octanol–water partition coefficient (Wildman–Crippen LogP) is 2.94. The predicted molar refractivity (Wildman–Crippen MR) is 104 cm³/mol. The summed E-state index contributed by atoms with van der Waals surface area (Å²) in [4.78, 5) is 24.0. The zero-order valence-electron chi connectivity index (χ0n) is 15.6. The Morgan fingerprint density at radius 1 is 1.10 bits per heavy atom. The molecule has 2 N–H and O–H groups in total. The molecular formula is C20H17N3O6. The van der Waals surface area contributed by atoms with Crippen molar-refractivity contribution >= 4 is 23.2 Å². The first-order chi connectivity index (χ1) is 14.1. The van der Waals surface area contributed by atoms with Crippen LogP contribution >= 0.6 is 0 Å². The second kappa shape index (κ2) is 7.55. The maximum atomic E-state index is 12.5. The second-order valence-electron chi connectivity index (χ2n) is 6.15. The van der Waals surface area contributed by atoms with Gasteiger partial charge in [0.15, 0.2) is 29.6 Å². The number of nitrogens with one attached hydrogen (secondary N) is 2. The number of ether oxygens (including phenoxy) is 3. The minimum absolute atomic E-state index is 0.0312. The molecule has 2 amide bonds. The third kappa shape index (κ3) is 3.70. The van der Waals surface area contributed by atoms with Crippen molar-refractivity contribution in [2.45, 2.75) is 0 Å². The first-order valence-corrected chi connectivity index (χ1v) is 8.64. The molecule has 9 nitrogen and oxygen atoms in total. The van der Waals surface area contributed by atoms with Crippen LogP contribution in [0.25, 0.3) is 11.3 Å². The normalized spacial score (nSPS) is 12.4. The van der Waals surface area contributed by atoms with Crippen LogP contribution in [0.4, 0.5) is 11.4 Å². The van der Waals surface area contributed by atoms with Gasteiger partial charge in [-0.2, -0.15) is 0 Å². The van der Waals surface area contributed by atoms with E-state index < -0.39 is 5.91 Å². The van der Waals surface area contributed by atoms with Crippen molar-refractivity contribution in [3.8, 4) is 28.6 Å². The van der Waals surface area contributed by atoms with E-state index in [1.807, 2.05) is 0 Å². The molecule has 1 aliphatic rings. The maximum absolute atomic E-state index is 12.5. The van der Waals surface area contributed by atoms with E-state index >= 15 is 0 Å². The van der Waals surface area contributed by atoms with E-state index in [1.165, 1.54) is 13.2 Å². The van der Waals surface area contributed by atoms with Gasteiger partial charge in [0, 0.05) is 17.3 Å². The molecule has 3 aromatic rings. The number of nitrogens with zero attached hydrogens (tertiary/aromatic N) is 1. The number of methoxy groups -OCH3 is 2. The van der Waals surface area contributed by atoms with Crippen molar-refractivity contribution < 1.29 is 28.3 Å². The average Bonchev–Trinajstić information content (AvgIpc) is 3.23. The highest BCUT2D eigenvalue weighted by Crippen LogP contribution is 2.33. The van der Waals surface area contributed by atoms with Crippen LogP contribution in [0.2, 0.25) is 0 Å². The summed E-state index contributed by atoms with van der Waals surface area (Å²) in [5, 5.41) is 9.24. The molecule has 0 bridgehead atoms. The molecule has 29 heavy (non-hydrogen) atoms. The van der Waals surface area contributed by atoms with Gasteiger partial charge in [0.25, 0.3) is 11.8 Å². The fraction of sp³-hybridized carbons (Fsp3) is 0.150. The smallest absolute Gasteiger partial charge is 0.277 e. The molecule has 0 atom stereocenters. The molecule has 1 aromatic heterocycles. The fourth-order valence-electron chi connectivity index (χ4n) is 2.86. The summed E-state index contributed by atoms with van der Waals surface area (Å²) in [6.07, 6.45) is 0. The van der Waals surface area contributed by atoms with Gasteiger partial charge in [-0.1, -0.05) is 5.16 Å². The zero-order chi connectivity index (χ0) is 20.4. The molecule has 148 valence electrons. The number of benzene rings is 2. The van der Waals surface area contributed by atoms with Gasteiger partial charge in [0.1, 0.15) is 5.75 Å². The van der Waals surface area contributed by atoms with Crippen molar-refractivity contribution in [3.63, 3.8) is 0 Å². The highest BCUT2D eigenvalue weighted by Gasteiger charge is 2.19. The summed E-state index contributed by atoms with van der Waals surface area (Å²) < 4.78 is 21.1. The molecule has 0 radical (unpaired) electrons. The lowest BCUT2D eigenvalue weighted by atomic mass is 10.1. The monoisotopic (exact) mass is 395 g/mol. The summed E-state index contributed by atoms with van der Waals surface area (Å²) in [6.45, 7) is -0.0312. The van der Waals surface area contributed by atoms with Gasteiger partial charge in [-0.15, -0.1) is 0 Å². The Balaban J connectivity index is 1.52. The molecule has 0 fully saturated rings. The first kappa shape index (κ1) is 18.4. The number of fused-ring (bicyclic) bond motifs is 1. The Hall–Kier alpha value is -4.01. The fourth-order valence-corrected chi connectivity index (χ4v) is 2.86. The van der Waals surface area contributed by atoms with Gasteiger partial charge in [-0.3, -0.25) is 9.59 Å². The lowest BCUT2D eigenvalue weighted by Crippen LogP contribution is -2.25. The Morgan fingerprint density at radius 2 is 1.93 bits per heavy atom. The molecule has 4 rings (SSSR count). The molecule has 0 saturated carbocycles. The number of anilines is 2. The van der Waals surface area contributed by atoms with E-state index in [2.05, 4.69) is 15.8 Å². The summed E-state index contributed by atoms with van der Waals surface area (Å²) in [7, 11) is 3.08. The maximum Gasteiger partial charge on any atom is 0.277 e. The topological polar surface area (TPSA) is 112 Å². The van der Waals surface area contributed by atoms with Crippen LogP contribution in [0, 0.1) is 0 Å². The Kier molecular flexibility index (Phi) is 4.78. The van der Waals surface area contributed by atoms with Gasteiger partial charge in [-0.25, -0.2) is 0 Å². The highest BCUT2D eigenvalue weighted by molar-refractivity contribution is 6.04. The van der Waals surface area contributed by atoms with Crippen molar-refractivity contribution in [1.29, 1.82) is 0 Å². The second-order valence-corrected chi connectivity index (χ2v) is 6.15. The molecule has 0 spiro atoms. The molecule has 0 aliphatic carbocycles. The number of aromatic nitrogens is 1. The van der Waals surface area contributed by atoms with Gasteiger partial charge in [-0.05, 0) is 36.4 Å². The van der Waals surface area contributed by atoms with Crippen LogP contribution in [0.1, 0.15) is 10.5 Å². The number of carbonyl (C=O) groups is 2. The largest absolute Gasteiger partial charge is 0.493 e. The van der Waals surface area contributed by atoms with Crippen molar-refractivity contribution in [3.05, 3.63) is 48.2 Å². The van der Waals surface area contributed by atoms with Crippen LogP contribution in [0.5, 0.6) is 17.2 Å². The summed E-state index contributed by atoms with van der Waals surface area (Å²) in [5.74, 6) is 1.35. The standard InChI is InChI=1S/C20H17N3O6/c1-26-16-5-3-11(7-18(16)27-2)17-9-14(23-29-17)20(25)21-12-4-6-15-13(8-12)22-19(24)10-28-15/h3-9H,10H2,1-2H3,(H,21,25)(H,22,24). The van der Waals surface area contributed by atoms with E-state index in [0.717, 1.165) is 0 Å². The molecule has 0 saturated heterocycles. The van der Waals surface area contributed by atoms with Crippen LogP contribution in [-0.2, 0) is 4.79 Å². The van der Waals surface area contributed by atoms with Gasteiger partial charge < -0.3 is 29.4 Å². The van der Waals surface area contributed by atoms with E-state index in [9.17, 15) is 9.59 Å². The number of amides is 2. The van der Waals surface area contributed by atoms with E-state index in [4.69, 9.17) is 18.7 Å². The summed E-state index contributed by atoms with van der Waals surface area (Å²) >= 11 is 0. The van der Waals surface area contributed by atoms with Crippen molar-refractivity contribution in [2.75, 3.05) is 31.5 Å². The van der Waals surface area contributed by atoms with Crippen molar-refractivity contribution in [2.24, 2.45) is 0 Å². The van der Waals surface area contributed by atoms with Gasteiger partial charge in [0.2, 0.25) is 0 Å². The molecule has 2 heterocycles. The minimum atomic E-state index is -0.455. The van der Waals surface area contributed by atoms with Crippen LogP contribution in [0.15, 0.2) is 47.0 Å². The Bertz CT molecular complexity index is 1090. The third-order valence-electron chi connectivity index (χ3n) is 4.28. The molecule has 2 aromatic carbocycles. The molecular weight excluding hydrogens is 378 g/mol. The highest BCUT2D eigenvalue weighted by atomic mass is 16.5. The third-order valence-corrected chi connectivity index (χ3v) is 4.28. The quantitative estimate of drug-likeness (QED) is 0.683. The summed E-state index contributed by atoms with van der Waals surface area (Å²) in [6, 6.07) is 11.7. The van der Waals surface area contributed by atoms with Crippen molar-refractivity contribution in [1.82, 2.24) is 5.16 Å². The van der Waals surface area contributed by atoms with E-state index in [1.54, 1.807) is 43.5 Å². The Labute approximate surface area is 165 Å². The van der Waals surface area contributed by atoms with Crippen LogP contribution in [-0.4, -0.2) is 37.8 Å². The number of hydrogen-bond donors (Lipinski definition) is 2. The molecule has 9 heteroatoms. The van der Waals surface area contributed by atoms with Crippen LogP contribution in [0.3, 0.4) is 0 Å². The van der Waals surface area contributed by atoms with Gasteiger partial charge in [0.05, 0.1) is 19.9 Å². The van der Waals surface area contributed by atoms with Gasteiger partial charge >= 0.3 is 0 Å². The molecule has 1 aliphatic heterocycles. The van der Waals surface area contributed by atoms with E-state index in [0.29, 0.717) is 39.9 Å². The number of carbonyl (C=O) groups excluding carboxylic acids is 2. The first-order valence-electron chi connectivity index (χ1n) is 8.64. The lowest BCUT2D eigenvalue weighted by molar-refractivity contribution is -0.118. The number of hydrogen-bond acceptors (Lipinski definition) is 7. The van der Waals surface area contributed by atoms with Crippen LogP contribution < -0.4 is 24.8 Å². The van der Waals surface area contributed by atoms with E-state index in [-0.39, 0.29) is 18.2 Å². The summed E-state index contributed by atoms with van der Waals surface area (Å²) in [5.41, 5.74) is 1.76.